The van der Waals surface area contributed by atoms with Gasteiger partial charge in [-0.3, -0.25) is 4.79 Å². The predicted molar refractivity (Wildman–Crippen MR) is 78.5 cm³/mol. The highest BCUT2D eigenvalue weighted by Gasteiger charge is 2.19. The number of fused-ring (bicyclic) bond motifs is 1. The Hall–Kier alpha value is -1.92. The molecule has 3 aromatic rings. The molecule has 0 saturated heterocycles. The van der Waals surface area contributed by atoms with Crippen molar-refractivity contribution >= 4 is 44.7 Å². The number of hydrogen-bond acceptors (Lipinski definition) is 5. The van der Waals surface area contributed by atoms with Crippen molar-refractivity contribution in [2.24, 2.45) is 0 Å². The van der Waals surface area contributed by atoms with E-state index in [0.29, 0.717) is 27.8 Å². The van der Waals surface area contributed by atoms with E-state index < -0.39 is 0 Å². The maximum atomic E-state index is 12.3. The number of benzene rings is 1. The summed E-state index contributed by atoms with van der Waals surface area (Å²) < 4.78 is 5.59. The number of carbonyl (C=O) groups excluding carboxylic acids is 1. The van der Waals surface area contributed by atoms with Gasteiger partial charge in [0, 0.05) is 10.1 Å². The Balaban J connectivity index is 1.95. The lowest BCUT2D eigenvalue weighted by Crippen LogP contribution is -2.12. The molecule has 3 rings (SSSR count). The number of hydrogen-bond donors (Lipinski definition) is 1. The number of aryl methyl sites for hydroxylation is 1. The first kappa shape index (κ1) is 13.1. The minimum Gasteiger partial charge on any atom is -0.301 e. The zero-order valence-corrected chi connectivity index (χ0v) is 12.1. The Morgan fingerprint density at radius 2 is 2.20 bits per heavy atom. The van der Waals surface area contributed by atoms with Crippen LogP contribution in [0, 0.1) is 0 Å². The van der Waals surface area contributed by atoms with Crippen molar-refractivity contribution in [2.45, 2.75) is 13.3 Å². The van der Waals surface area contributed by atoms with Crippen molar-refractivity contribution in [1.29, 1.82) is 0 Å². The average Bonchev–Trinajstić information content (AvgIpc) is 3.04. The first-order valence-electron chi connectivity index (χ1n) is 6.00. The molecule has 102 valence electrons. The molecule has 0 aliphatic carbocycles. The number of thiophene rings is 1. The summed E-state index contributed by atoms with van der Waals surface area (Å²) in [6, 6.07) is 7.62. The van der Waals surface area contributed by atoms with E-state index in [1.807, 2.05) is 31.2 Å². The van der Waals surface area contributed by atoms with E-state index in [2.05, 4.69) is 20.3 Å². The van der Waals surface area contributed by atoms with Gasteiger partial charge >= 0.3 is 0 Å². The van der Waals surface area contributed by atoms with E-state index in [0.717, 1.165) is 10.1 Å². The third-order valence-corrected chi connectivity index (χ3v) is 4.54. The van der Waals surface area contributed by atoms with Gasteiger partial charge in [0.05, 0.1) is 5.02 Å². The molecule has 0 bridgehead atoms. The number of amides is 1. The van der Waals surface area contributed by atoms with E-state index in [1.54, 1.807) is 0 Å². The van der Waals surface area contributed by atoms with Crippen LogP contribution in [-0.2, 0) is 6.42 Å². The van der Waals surface area contributed by atoms with E-state index in [4.69, 9.17) is 11.6 Å². The zero-order valence-electron chi connectivity index (χ0n) is 10.5. The van der Waals surface area contributed by atoms with Crippen LogP contribution in [0.1, 0.15) is 22.3 Å². The lowest BCUT2D eigenvalue weighted by atomic mass is 10.2. The van der Waals surface area contributed by atoms with Crippen molar-refractivity contribution in [3.05, 3.63) is 39.9 Å². The second kappa shape index (κ2) is 5.22. The molecule has 0 saturated carbocycles. The van der Waals surface area contributed by atoms with E-state index in [9.17, 15) is 4.79 Å². The minimum absolute atomic E-state index is 0.304. The van der Waals surface area contributed by atoms with Crippen molar-refractivity contribution in [3.8, 4) is 0 Å². The van der Waals surface area contributed by atoms with Crippen LogP contribution in [-0.4, -0.2) is 16.2 Å². The van der Waals surface area contributed by atoms with Crippen LogP contribution >= 0.6 is 22.9 Å². The molecule has 0 radical (unpaired) electrons. The summed E-state index contributed by atoms with van der Waals surface area (Å²) >= 11 is 7.60. The Kier molecular flexibility index (Phi) is 3.42. The monoisotopic (exact) mass is 307 g/mol. The van der Waals surface area contributed by atoms with Crippen molar-refractivity contribution in [2.75, 3.05) is 5.32 Å². The lowest BCUT2D eigenvalue weighted by Gasteiger charge is -2.00. The number of anilines is 1. The maximum Gasteiger partial charge on any atom is 0.268 e. The zero-order chi connectivity index (χ0) is 14.1. The lowest BCUT2D eigenvalue weighted by molar-refractivity contribution is 0.102. The highest BCUT2D eigenvalue weighted by molar-refractivity contribution is 7.21. The number of nitrogens with one attached hydrogen (secondary N) is 1. The highest BCUT2D eigenvalue weighted by Crippen LogP contribution is 2.35. The third kappa shape index (κ3) is 2.17. The maximum absolute atomic E-state index is 12.3. The summed E-state index contributed by atoms with van der Waals surface area (Å²) in [4.78, 5) is 12.7. The molecule has 1 N–H and O–H groups in total. The molecule has 0 aliphatic rings. The number of rotatable bonds is 3. The molecular weight excluding hydrogens is 298 g/mol. The fourth-order valence-corrected chi connectivity index (χ4v) is 3.27. The van der Waals surface area contributed by atoms with Gasteiger partial charge in [-0.1, -0.05) is 41.9 Å². The van der Waals surface area contributed by atoms with E-state index in [-0.39, 0.29) is 5.91 Å². The first-order chi connectivity index (χ1) is 9.70. The van der Waals surface area contributed by atoms with E-state index in [1.165, 1.54) is 11.3 Å². The van der Waals surface area contributed by atoms with Crippen LogP contribution in [0.5, 0.6) is 0 Å². The molecule has 2 heterocycles. The molecule has 0 atom stereocenters. The minimum atomic E-state index is -0.304. The quantitative estimate of drug-likeness (QED) is 0.800. The molecule has 1 aromatic carbocycles. The van der Waals surface area contributed by atoms with Gasteiger partial charge in [-0.15, -0.1) is 11.3 Å². The molecule has 0 aliphatic heterocycles. The summed E-state index contributed by atoms with van der Waals surface area (Å²) in [5, 5.41) is 11.4. The standard InChI is InChI=1S/C13H10ClN3O2S/c1-2-8-12(17-19-16-8)15-13(18)11-10(14)7-5-3-4-6-9(7)20-11/h3-6H,2H2,1H3,(H,15,17,18). The normalized spacial score (nSPS) is 10.9. The fourth-order valence-electron chi connectivity index (χ4n) is 1.86. The molecule has 5 nitrogen and oxygen atoms in total. The second-order valence-electron chi connectivity index (χ2n) is 4.11. The SMILES string of the molecule is CCc1nonc1NC(=O)c1sc2ccccc2c1Cl. The van der Waals surface area contributed by atoms with Crippen LogP contribution in [0.3, 0.4) is 0 Å². The number of carbonyl (C=O) groups is 1. The van der Waals surface area contributed by atoms with Crippen molar-refractivity contribution < 1.29 is 9.42 Å². The van der Waals surface area contributed by atoms with Gasteiger partial charge < -0.3 is 5.32 Å². The number of aromatic nitrogens is 2. The van der Waals surface area contributed by atoms with Gasteiger partial charge in [0.2, 0.25) is 5.82 Å². The van der Waals surface area contributed by atoms with Crippen LogP contribution in [0.25, 0.3) is 10.1 Å². The summed E-state index contributed by atoms with van der Waals surface area (Å²) in [7, 11) is 0. The summed E-state index contributed by atoms with van der Waals surface area (Å²) in [5.74, 6) is 0.0348. The summed E-state index contributed by atoms with van der Waals surface area (Å²) in [6.07, 6.45) is 0.624. The second-order valence-corrected chi connectivity index (χ2v) is 5.54. The van der Waals surface area contributed by atoms with Gasteiger partial charge in [0.1, 0.15) is 10.6 Å². The number of nitrogens with zero attached hydrogens (tertiary/aromatic N) is 2. The van der Waals surface area contributed by atoms with Gasteiger partial charge in [-0.05, 0) is 17.6 Å². The summed E-state index contributed by atoms with van der Waals surface area (Å²) in [6.45, 7) is 1.90. The first-order valence-corrected chi connectivity index (χ1v) is 7.20. The Labute approximate surface area is 123 Å². The van der Waals surface area contributed by atoms with Gasteiger partial charge in [-0.25, -0.2) is 4.63 Å². The van der Waals surface area contributed by atoms with Crippen LogP contribution in [0.4, 0.5) is 5.82 Å². The smallest absolute Gasteiger partial charge is 0.268 e. The van der Waals surface area contributed by atoms with Crippen molar-refractivity contribution in [1.82, 2.24) is 10.3 Å². The topological polar surface area (TPSA) is 68.0 Å². The number of halogens is 1. The molecule has 20 heavy (non-hydrogen) atoms. The van der Waals surface area contributed by atoms with Gasteiger partial charge in [0.15, 0.2) is 0 Å². The predicted octanol–water partition coefficient (Wildman–Crippen LogP) is 3.75. The fraction of sp³-hybridized carbons (Fsp3) is 0.154. The highest BCUT2D eigenvalue weighted by atomic mass is 35.5. The molecule has 0 unspecified atom stereocenters. The molecule has 2 aromatic heterocycles. The van der Waals surface area contributed by atoms with Gasteiger partial charge in [0.25, 0.3) is 5.91 Å². The molecule has 0 spiro atoms. The Bertz CT molecular complexity index is 781. The molecular formula is C13H10ClN3O2S. The summed E-state index contributed by atoms with van der Waals surface area (Å²) in [5.41, 5.74) is 0.607. The molecule has 1 amide bonds. The Morgan fingerprint density at radius 3 is 2.95 bits per heavy atom. The average molecular weight is 308 g/mol. The third-order valence-electron chi connectivity index (χ3n) is 2.86. The molecule has 7 heteroatoms. The van der Waals surface area contributed by atoms with Crippen LogP contribution in [0.2, 0.25) is 5.02 Å². The van der Waals surface area contributed by atoms with E-state index >= 15 is 0 Å². The van der Waals surface area contributed by atoms with Gasteiger partial charge in [-0.2, -0.15) is 0 Å². The van der Waals surface area contributed by atoms with Crippen LogP contribution in [0.15, 0.2) is 28.9 Å². The van der Waals surface area contributed by atoms with Crippen molar-refractivity contribution in [3.63, 3.8) is 0 Å². The molecule has 0 fully saturated rings. The Morgan fingerprint density at radius 1 is 1.40 bits per heavy atom. The largest absolute Gasteiger partial charge is 0.301 e. The van der Waals surface area contributed by atoms with Crippen LogP contribution < -0.4 is 5.32 Å².